The van der Waals surface area contributed by atoms with E-state index in [1.807, 2.05) is 66.7 Å². The van der Waals surface area contributed by atoms with E-state index in [2.05, 4.69) is 5.32 Å². The average Bonchev–Trinajstić information content (AvgIpc) is 3.03. The summed E-state index contributed by atoms with van der Waals surface area (Å²) in [6, 6.07) is 20.9. The number of hydrogen-bond acceptors (Lipinski definition) is 4. The third-order valence-electron chi connectivity index (χ3n) is 4.09. The van der Waals surface area contributed by atoms with Crippen molar-refractivity contribution in [3.8, 4) is 0 Å². The van der Waals surface area contributed by atoms with E-state index in [1.54, 1.807) is 0 Å². The number of carbonyl (C=O) groups excluding carboxylic acids is 2. The Morgan fingerprint density at radius 1 is 0.963 bits per heavy atom. The van der Waals surface area contributed by atoms with E-state index in [-0.39, 0.29) is 6.61 Å². The minimum absolute atomic E-state index is 0.302. The molecule has 4 aromatic rings. The van der Waals surface area contributed by atoms with E-state index in [1.165, 1.54) is 11.3 Å². The van der Waals surface area contributed by atoms with Gasteiger partial charge in [-0.1, -0.05) is 60.1 Å². The number of thiophene rings is 1. The van der Waals surface area contributed by atoms with Gasteiger partial charge in [0.1, 0.15) is 4.88 Å². The summed E-state index contributed by atoms with van der Waals surface area (Å²) in [5.74, 6) is -1.01. The SMILES string of the molecule is O=C(COC(=O)c1sc2ccccc2c1Cl)Nc1ccc2ccccc2c1. The molecule has 27 heavy (non-hydrogen) atoms. The van der Waals surface area contributed by atoms with E-state index in [9.17, 15) is 9.59 Å². The average molecular weight is 396 g/mol. The maximum atomic E-state index is 12.3. The fourth-order valence-electron chi connectivity index (χ4n) is 2.81. The molecule has 0 saturated carbocycles. The molecule has 0 unspecified atom stereocenters. The molecule has 0 bridgehead atoms. The maximum absolute atomic E-state index is 12.3. The highest BCUT2D eigenvalue weighted by atomic mass is 35.5. The molecule has 4 rings (SSSR count). The van der Waals surface area contributed by atoms with Gasteiger partial charge in [-0.2, -0.15) is 0 Å². The summed E-state index contributed by atoms with van der Waals surface area (Å²) >= 11 is 7.51. The molecule has 0 spiro atoms. The molecule has 1 N–H and O–H groups in total. The van der Waals surface area contributed by atoms with Gasteiger partial charge in [-0.3, -0.25) is 4.79 Å². The van der Waals surface area contributed by atoms with Crippen molar-refractivity contribution in [2.75, 3.05) is 11.9 Å². The summed E-state index contributed by atoms with van der Waals surface area (Å²) in [6.07, 6.45) is 0. The molecule has 4 nitrogen and oxygen atoms in total. The van der Waals surface area contributed by atoms with Crippen molar-refractivity contribution < 1.29 is 14.3 Å². The molecular weight excluding hydrogens is 382 g/mol. The maximum Gasteiger partial charge on any atom is 0.350 e. The molecule has 6 heteroatoms. The normalized spacial score (nSPS) is 10.9. The minimum Gasteiger partial charge on any atom is -0.451 e. The van der Waals surface area contributed by atoms with Crippen molar-refractivity contribution >= 4 is 61.4 Å². The highest BCUT2D eigenvalue weighted by Gasteiger charge is 2.19. The predicted molar refractivity (Wildman–Crippen MR) is 110 cm³/mol. The standard InChI is InChI=1S/C21H14ClNO3S/c22-19-16-7-3-4-8-17(16)27-20(19)21(25)26-12-18(24)23-15-10-9-13-5-1-2-6-14(13)11-15/h1-11H,12H2,(H,23,24). The van der Waals surface area contributed by atoms with Crippen molar-refractivity contribution in [3.05, 3.63) is 76.6 Å². The van der Waals surface area contributed by atoms with Gasteiger partial charge in [0.05, 0.1) is 5.02 Å². The second kappa shape index (κ2) is 7.39. The second-order valence-electron chi connectivity index (χ2n) is 5.93. The molecule has 0 atom stereocenters. The lowest BCUT2D eigenvalue weighted by molar-refractivity contribution is -0.119. The molecule has 0 saturated heterocycles. The Morgan fingerprint density at radius 3 is 2.52 bits per heavy atom. The molecule has 0 radical (unpaired) electrons. The first kappa shape index (κ1) is 17.5. The molecule has 1 heterocycles. The zero-order valence-corrected chi connectivity index (χ0v) is 15.6. The summed E-state index contributed by atoms with van der Waals surface area (Å²) < 4.78 is 6.03. The third kappa shape index (κ3) is 3.65. The monoisotopic (exact) mass is 395 g/mol. The molecular formula is C21H14ClNO3S. The van der Waals surface area contributed by atoms with E-state index in [4.69, 9.17) is 16.3 Å². The quantitative estimate of drug-likeness (QED) is 0.464. The second-order valence-corrected chi connectivity index (χ2v) is 7.36. The predicted octanol–water partition coefficient (Wildman–Crippen LogP) is 5.50. The van der Waals surface area contributed by atoms with Crippen LogP contribution in [0, 0.1) is 0 Å². The first-order valence-corrected chi connectivity index (χ1v) is 9.44. The number of hydrogen-bond donors (Lipinski definition) is 1. The van der Waals surface area contributed by atoms with Gasteiger partial charge in [0.25, 0.3) is 5.91 Å². The lowest BCUT2D eigenvalue weighted by Gasteiger charge is -2.07. The van der Waals surface area contributed by atoms with Gasteiger partial charge >= 0.3 is 5.97 Å². The Balaban J connectivity index is 1.42. The van der Waals surface area contributed by atoms with Crippen LogP contribution in [0.2, 0.25) is 5.02 Å². The molecule has 0 aliphatic carbocycles. The van der Waals surface area contributed by atoms with Crippen LogP contribution in [0.1, 0.15) is 9.67 Å². The number of amides is 1. The smallest absolute Gasteiger partial charge is 0.350 e. The number of anilines is 1. The number of carbonyl (C=O) groups is 2. The first-order valence-electron chi connectivity index (χ1n) is 8.24. The van der Waals surface area contributed by atoms with Gasteiger partial charge in [0, 0.05) is 15.8 Å². The third-order valence-corrected chi connectivity index (χ3v) is 5.74. The van der Waals surface area contributed by atoms with E-state index >= 15 is 0 Å². The van der Waals surface area contributed by atoms with Crippen LogP contribution in [0.15, 0.2) is 66.7 Å². The van der Waals surface area contributed by atoms with Gasteiger partial charge in [-0.15, -0.1) is 11.3 Å². The van der Waals surface area contributed by atoms with E-state index < -0.39 is 11.9 Å². The van der Waals surface area contributed by atoms with Crippen LogP contribution in [0.25, 0.3) is 20.9 Å². The highest BCUT2D eigenvalue weighted by Crippen LogP contribution is 2.35. The number of halogens is 1. The molecule has 0 aliphatic rings. The van der Waals surface area contributed by atoms with Crippen molar-refractivity contribution in [2.24, 2.45) is 0 Å². The van der Waals surface area contributed by atoms with Crippen LogP contribution in [0.4, 0.5) is 5.69 Å². The Morgan fingerprint density at radius 2 is 1.70 bits per heavy atom. The molecule has 134 valence electrons. The highest BCUT2D eigenvalue weighted by molar-refractivity contribution is 7.21. The minimum atomic E-state index is -0.602. The summed E-state index contributed by atoms with van der Waals surface area (Å²) in [5.41, 5.74) is 0.648. The van der Waals surface area contributed by atoms with Gasteiger partial charge in [0.15, 0.2) is 6.61 Å². The van der Waals surface area contributed by atoms with E-state index in [0.717, 1.165) is 20.9 Å². The summed E-state index contributed by atoms with van der Waals surface area (Å²) in [6.45, 7) is -0.379. The summed E-state index contributed by atoms with van der Waals surface area (Å²) in [4.78, 5) is 24.7. The Labute approximate surface area is 164 Å². The zero-order chi connectivity index (χ0) is 18.8. The Bertz CT molecular complexity index is 1170. The van der Waals surface area contributed by atoms with Crippen LogP contribution in [0.3, 0.4) is 0 Å². The molecule has 1 amide bonds. The van der Waals surface area contributed by atoms with Gasteiger partial charge in [-0.05, 0) is 29.0 Å². The van der Waals surface area contributed by atoms with Gasteiger partial charge in [0.2, 0.25) is 0 Å². The van der Waals surface area contributed by atoms with Crippen molar-refractivity contribution in [1.29, 1.82) is 0 Å². The molecule has 0 fully saturated rings. The largest absolute Gasteiger partial charge is 0.451 e. The van der Waals surface area contributed by atoms with Crippen LogP contribution in [0.5, 0.6) is 0 Å². The summed E-state index contributed by atoms with van der Waals surface area (Å²) in [5, 5.41) is 6.00. The molecule has 0 aliphatic heterocycles. The van der Waals surface area contributed by atoms with Gasteiger partial charge in [-0.25, -0.2) is 4.79 Å². The number of esters is 1. The number of nitrogens with one attached hydrogen (secondary N) is 1. The van der Waals surface area contributed by atoms with Crippen LogP contribution in [-0.4, -0.2) is 18.5 Å². The fraction of sp³-hybridized carbons (Fsp3) is 0.0476. The number of benzene rings is 3. The van der Waals surface area contributed by atoms with Crippen molar-refractivity contribution in [3.63, 3.8) is 0 Å². The first-order chi connectivity index (χ1) is 13.1. The zero-order valence-electron chi connectivity index (χ0n) is 14.1. The van der Waals surface area contributed by atoms with Crippen LogP contribution in [-0.2, 0) is 9.53 Å². The fourth-order valence-corrected chi connectivity index (χ4v) is 4.21. The lowest BCUT2D eigenvalue weighted by Crippen LogP contribution is -2.20. The summed E-state index contributed by atoms with van der Waals surface area (Å²) in [7, 11) is 0. The Kier molecular flexibility index (Phi) is 4.79. The number of fused-ring (bicyclic) bond motifs is 2. The van der Waals surface area contributed by atoms with E-state index in [0.29, 0.717) is 15.6 Å². The Hall–Kier alpha value is -2.89. The van der Waals surface area contributed by atoms with Crippen molar-refractivity contribution in [1.82, 2.24) is 0 Å². The molecule has 3 aromatic carbocycles. The van der Waals surface area contributed by atoms with Gasteiger partial charge < -0.3 is 10.1 Å². The molecule has 1 aromatic heterocycles. The van der Waals surface area contributed by atoms with Crippen molar-refractivity contribution in [2.45, 2.75) is 0 Å². The topological polar surface area (TPSA) is 55.4 Å². The number of ether oxygens (including phenoxy) is 1. The lowest BCUT2D eigenvalue weighted by atomic mass is 10.1. The van der Waals surface area contributed by atoms with Crippen LogP contribution >= 0.6 is 22.9 Å². The van der Waals surface area contributed by atoms with Crippen LogP contribution < -0.4 is 5.32 Å². The number of rotatable bonds is 4.